The molecule has 2 atom stereocenters. The molecule has 1 aliphatic carbocycles. The third-order valence-corrected chi connectivity index (χ3v) is 4.34. The summed E-state index contributed by atoms with van der Waals surface area (Å²) < 4.78 is 0. The highest BCUT2D eigenvalue weighted by Crippen LogP contribution is 2.42. The first-order chi connectivity index (χ1) is 6.36. The van der Waals surface area contributed by atoms with Crippen LogP contribution in [0.4, 0.5) is 0 Å². The monoisotopic (exact) mass is 181 g/mol. The fraction of sp³-hybridized carbons (Fsp3) is 1.00. The van der Waals surface area contributed by atoms with Crippen LogP contribution in [-0.2, 0) is 0 Å². The molecule has 3 rings (SSSR count). The minimum absolute atomic E-state index is 0.0128. The summed E-state index contributed by atoms with van der Waals surface area (Å²) >= 11 is 0. The van der Waals surface area contributed by atoms with E-state index in [9.17, 15) is 5.11 Å². The second kappa shape index (κ2) is 2.96. The Balaban J connectivity index is 1.77. The zero-order valence-electron chi connectivity index (χ0n) is 8.15. The summed E-state index contributed by atoms with van der Waals surface area (Å²) in [6.07, 6.45) is 9.10. The summed E-state index contributed by atoms with van der Waals surface area (Å²) in [4.78, 5) is 2.66. The molecule has 0 spiro atoms. The van der Waals surface area contributed by atoms with E-state index in [4.69, 9.17) is 0 Å². The van der Waals surface area contributed by atoms with Gasteiger partial charge in [-0.3, -0.25) is 4.90 Å². The molecule has 2 bridgehead atoms. The fourth-order valence-electron chi connectivity index (χ4n) is 3.76. The van der Waals surface area contributed by atoms with Gasteiger partial charge in [0.15, 0.2) is 0 Å². The minimum atomic E-state index is -0.0128. The number of rotatable bonds is 1. The average Bonchev–Trinajstić information content (AvgIpc) is 2.78. The number of aliphatic hydroxyl groups excluding tert-OH is 1. The molecule has 0 aromatic carbocycles. The largest absolute Gasteiger partial charge is 0.391 e. The standard InChI is InChI=1S/C11H19NO/c13-11-3-1-2-10(11)12-8-4-5-9(12)7-6-8/h8-11,13H,1-7H2/t8?,9?,10-,11-/m1/s1. The predicted molar refractivity (Wildman–Crippen MR) is 51.5 cm³/mol. The lowest BCUT2D eigenvalue weighted by Crippen LogP contribution is -2.43. The molecule has 13 heavy (non-hydrogen) atoms. The molecule has 74 valence electrons. The van der Waals surface area contributed by atoms with Crippen molar-refractivity contribution in [2.45, 2.75) is 69.2 Å². The molecule has 0 aromatic heterocycles. The molecule has 2 aliphatic heterocycles. The number of hydrogen-bond acceptors (Lipinski definition) is 2. The van der Waals surface area contributed by atoms with E-state index in [1.54, 1.807) is 0 Å². The molecule has 2 heterocycles. The molecule has 0 unspecified atom stereocenters. The maximum Gasteiger partial charge on any atom is 0.0695 e. The van der Waals surface area contributed by atoms with Gasteiger partial charge in [0.25, 0.3) is 0 Å². The van der Waals surface area contributed by atoms with Crippen molar-refractivity contribution in [1.82, 2.24) is 4.90 Å². The summed E-state index contributed by atoms with van der Waals surface area (Å²) in [6, 6.07) is 2.20. The third-order valence-electron chi connectivity index (χ3n) is 4.34. The Labute approximate surface area is 79.9 Å². The average molecular weight is 181 g/mol. The van der Waals surface area contributed by atoms with Crippen molar-refractivity contribution in [1.29, 1.82) is 0 Å². The minimum Gasteiger partial charge on any atom is -0.391 e. The van der Waals surface area contributed by atoms with Crippen molar-refractivity contribution >= 4 is 0 Å². The highest BCUT2D eigenvalue weighted by Gasteiger charge is 2.45. The SMILES string of the molecule is O[C@@H]1CCC[C@H]1N1C2CCC1CC2. The van der Waals surface area contributed by atoms with Crippen LogP contribution in [0.3, 0.4) is 0 Å². The van der Waals surface area contributed by atoms with Gasteiger partial charge >= 0.3 is 0 Å². The van der Waals surface area contributed by atoms with Gasteiger partial charge in [-0.15, -0.1) is 0 Å². The molecule has 1 N–H and O–H groups in total. The first-order valence-corrected chi connectivity index (χ1v) is 5.82. The molecule has 2 heteroatoms. The van der Waals surface area contributed by atoms with E-state index in [0.29, 0.717) is 6.04 Å². The van der Waals surface area contributed by atoms with Crippen molar-refractivity contribution < 1.29 is 5.11 Å². The van der Waals surface area contributed by atoms with Crippen molar-refractivity contribution in [3.63, 3.8) is 0 Å². The predicted octanol–water partition coefficient (Wildman–Crippen LogP) is 1.53. The van der Waals surface area contributed by atoms with E-state index in [1.165, 1.54) is 38.5 Å². The number of aliphatic hydroxyl groups is 1. The van der Waals surface area contributed by atoms with Crippen LogP contribution in [0.5, 0.6) is 0 Å². The summed E-state index contributed by atoms with van der Waals surface area (Å²) in [5.41, 5.74) is 0. The van der Waals surface area contributed by atoms with E-state index in [0.717, 1.165) is 18.5 Å². The van der Waals surface area contributed by atoms with E-state index in [1.807, 2.05) is 0 Å². The molecular formula is C11H19NO. The quantitative estimate of drug-likeness (QED) is 0.663. The zero-order valence-corrected chi connectivity index (χ0v) is 8.15. The fourth-order valence-corrected chi connectivity index (χ4v) is 3.76. The van der Waals surface area contributed by atoms with E-state index in [2.05, 4.69) is 4.90 Å². The normalized spacial score (nSPS) is 50.5. The number of fused-ring (bicyclic) bond motifs is 2. The Hall–Kier alpha value is -0.0800. The van der Waals surface area contributed by atoms with Crippen LogP contribution in [0.25, 0.3) is 0 Å². The number of nitrogens with zero attached hydrogens (tertiary/aromatic N) is 1. The summed E-state index contributed by atoms with van der Waals surface area (Å²) in [5, 5.41) is 9.87. The lowest BCUT2D eigenvalue weighted by Gasteiger charge is -2.31. The van der Waals surface area contributed by atoms with Gasteiger partial charge in [-0.2, -0.15) is 0 Å². The molecule has 1 saturated carbocycles. The molecule has 2 saturated heterocycles. The second-order valence-corrected chi connectivity index (χ2v) is 4.98. The van der Waals surface area contributed by atoms with Crippen molar-refractivity contribution in [3.05, 3.63) is 0 Å². The lowest BCUT2D eigenvalue weighted by atomic mass is 10.0. The Morgan fingerprint density at radius 1 is 0.846 bits per heavy atom. The Kier molecular flexibility index (Phi) is 1.88. The Morgan fingerprint density at radius 2 is 1.46 bits per heavy atom. The van der Waals surface area contributed by atoms with Gasteiger partial charge in [-0.05, 0) is 44.9 Å². The van der Waals surface area contributed by atoms with E-state index >= 15 is 0 Å². The molecule has 0 amide bonds. The van der Waals surface area contributed by atoms with Crippen LogP contribution in [0.15, 0.2) is 0 Å². The highest BCUT2D eigenvalue weighted by atomic mass is 16.3. The first kappa shape index (κ1) is 8.25. The van der Waals surface area contributed by atoms with Crippen LogP contribution in [0, 0.1) is 0 Å². The number of hydrogen-bond donors (Lipinski definition) is 1. The highest BCUT2D eigenvalue weighted by molar-refractivity contribution is 5.01. The lowest BCUT2D eigenvalue weighted by molar-refractivity contribution is 0.0602. The molecule has 2 nitrogen and oxygen atoms in total. The maximum absolute atomic E-state index is 9.87. The first-order valence-electron chi connectivity index (χ1n) is 5.82. The summed E-state index contributed by atoms with van der Waals surface area (Å²) in [5.74, 6) is 0. The van der Waals surface area contributed by atoms with Crippen LogP contribution in [0.2, 0.25) is 0 Å². The zero-order chi connectivity index (χ0) is 8.84. The molecular weight excluding hydrogens is 162 g/mol. The van der Waals surface area contributed by atoms with Gasteiger partial charge < -0.3 is 5.11 Å². The molecule has 3 aliphatic rings. The molecule has 0 aromatic rings. The topological polar surface area (TPSA) is 23.5 Å². The molecule has 0 radical (unpaired) electrons. The summed E-state index contributed by atoms with van der Waals surface area (Å²) in [6.45, 7) is 0. The van der Waals surface area contributed by atoms with Crippen molar-refractivity contribution in [3.8, 4) is 0 Å². The van der Waals surface area contributed by atoms with Gasteiger partial charge in [0, 0.05) is 18.1 Å². The van der Waals surface area contributed by atoms with Gasteiger partial charge in [0.2, 0.25) is 0 Å². The maximum atomic E-state index is 9.87. The van der Waals surface area contributed by atoms with Crippen LogP contribution in [-0.4, -0.2) is 34.2 Å². The van der Waals surface area contributed by atoms with E-state index < -0.39 is 0 Å². The second-order valence-electron chi connectivity index (χ2n) is 4.98. The summed E-state index contributed by atoms with van der Waals surface area (Å²) in [7, 11) is 0. The van der Waals surface area contributed by atoms with Gasteiger partial charge in [0.05, 0.1) is 6.10 Å². The van der Waals surface area contributed by atoms with E-state index in [-0.39, 0.29) is 6.10 Å². The van der Waals surface area contributed by atoms with Crippen LogP contribution >= 0.6 is 0 Å². The van der Waals surface area contributed by atoms with Crippen molar-refractivity contribution in [2.24, 2.45) is 0 Å². The molecule has 3 fully saturated rings. The van der Waals surface area contributed by atoms with Gasteiger partial charge in [-0.1, -0.05) is 0 Å². The Bertz CT molecular complexity index is 186. The Morgan fingerprint density at radius 3 is 1.92 bits per heavy atom. The van der Waals surface area contributed by atoms with Crippen LogP contribution < -0.4 is 0 Å². The smallest absolute Gasteiger partial charge is 0.0695 e. The third kappa shape index (κ3) is 1.15. The van der Waals surface area contributed by atoms with Gasteiger partial charge in [-0.25, -0.2) is 0 Å². The van der Waals surface area contributed by atoms with Gasteiger partial charge in [0.1, 0.15) is 0 Å². The van der Waals surface area contributed by atoms with Crippen molar-refractivity contribution in [2.75, 3.05) is 0 Å². The van der Waals surface area contributed by atoms with Crippen LogP contribution in [0.1, 0.15) is 44.9 Å².